The van der Waals surface area contributed by atoms with Crippen LogP contribution in [-0.2, 0) is 0 Å². The summed E-state index contributed by atoms with van der Waals surface area (Å²) < 4.78 is 0. The Balaban J connectivity index is 2.77. The first kappa shape index (κ1) is 8.57. The Kier molecular flexibility index (Phi) is 3.12. The number of hydrogen-bond acceptors (Lipinski definition) is 3. The summed E-state index contributed by atoms with van der Waals surface area (Å²) in [7, 11) is 1.84. The van der Waals surface area contributed by atoms with E-state index in [1.165, 1.54) is 0 Å². The van der Waals surface area contributed by atoms with Crippen LogP contribution in [0.2, 0.25) is 0 Å². The van der Waals surface area contributed by atoms with E-state index in [-0.39, 0.29) is 0 Å². The van der Waals surface area contributed by atoms with E-state index < -0.39 is 0 Å². The molecule has 1 rings (SSSR count). The Morgan fingerprint density at radius 1 is 1.67 bits per heavy atom. The summed E-state index contributed by atoms with van der Waals surface area (Å²) in [6, 6.07) is 3.58. The molecule has 62 valence electrons. The minimum absolute atomic E-state index is 0.626. The molecule has 3 N–H and O–H groups in total. The molecule has 0 amide bonds. The fraction of sp³-hybridized carbons (Fsp3) is 0.222. The molecule has 0 atom stereocenters. The van der Waals surface area contributed by atoms with Gasteiger partial charge in [-0.25, -0.2) is 4.98 Å². The van der Waals surface area contributed by atoms with E-state index in [0.717, 1.165) is 0 Å². The average Bonchev–Trinajstić information content (AvgIpc) is 2.09. The summed E-state index contributed by atoms with van der Waals surface area (Å²) in [5.74, 6) is 5.75. The lowest BCUT2D eigenvalue weighted by Gasteiger charge is -1.93. The highest BCUT2D eigenvalue weighted by Gasteiger charge is 1.91. The molecule has 0 radical (unpaired) electrons. The summed E-state index contributed by atoms with van der Waals surface area (Å²) >= 11 is 0. The van der Waals surface area contributed by atoms with Crippen molar-refractivity contribution >= 4 is 5.69 Å². The first-order chi connectivity index (χ1) is 5.84. The lowest BCUT2D eigenvalue weighted by Crippen LogP contribution is -2.04. The second-order valence-electron chi connectivity index (χ2n) is 2.27. The van der Waals surface area contributed by atoms with Crippen molar-refractivity contribution in [3.05, 3.63) is 24.0 Å². The van der Waals surface area contributed by atoms with Gasteiger partial charge in [-0.3, -0.25) is 0 Å². The molecule has 0 saturated carbocycles. The molecule has 0 aromatic carbocycles. The molecule has 0 unspecified atom stereocenters. The smallest absolute Gasteiger partial charge is 0.136 e. The molecule has 3 nitrogen and oxygen atoms in total. The monoisotopic (exact) mass is 161 g/mol. The van der Waals surface area contributed by atoms with Crippen LogP contribution in [-0.4, -0.2) is 18.6 Å². The Labute approximate surface area is 72.0 Å². The fourth-order valence-corrected chi connectivity index (χ4v) is 0.738. The summed E-state index contributed by atoms with van der Waals surface area (Å²) in [4.78, 5) is 4.02. The first-order valence-electron chi connectivity index (χ1n) is 3.68. The Morgan fingerprint density at radius 3 is 3.17 bits per heavy atom. The van der Waals surface area contributed by atoms with Crippen LogP contribution >= 0.6 is 0 Å². The Morgan fingerprint density at radius 2 is 2.50 bits per heavy atom. The van der Waals surface area contributed by atoms with Crippen molar-refractivity contribution in [3.63, 3.8) is 0 Å². The minimum Gasteiger partial charge on any atom is -0.396 e. The minimum atomic E-state index is 0.626. The van der Waals surface area contributed by atoms with Gasteiger partial charge in [-0.05, 0) is 25.1 Å². The van der Waals surface area contributed by atoms with Crippen LogP contribution in [0.15, 0.2) is 18.3 Å². The average molecular weight is 161 g/mol. The quantitative estimate of drug-likeness (QED) is 0.580. The topological polar surface area (TPSA) is 50.9 Å². The molecule has 1 aromatic heterocycles. The van der Waals surface area contributed by atoms with Crippen LogP contribution < -0.4 is 11.1 Å². The Bertz CT molecular complexity index is 309. The fourth-order valence-electron chi connectivity index (χ4n) is 0.738. The molecule has 0 fully saturated rings. The molecule has 0 aliphatic carbocycles. The molecule has 0 aliphatic rings. The lowest BCUT2D eigenvalue weighted by atomic mass is 10.3. The van der Waals surface area contributed by atoms with E-state index in [0.29, 0.717) is 17.9 Å². The second kappa shape index (κ2) is 4.37. The van der Waals surface area contributed by atoms with E-state index in [9.17, 15) is 0 Å². The van der Waals surface area contributed by atoms with Crippen molar-refractivity contribution in [2.24, 2.45) is 0 Å². The number of rotatable bonds is 1. The molecule has 12 heavy (non-hydrogen) atoms. The summed E-state index contributed by atoms with van der Waals surface area (Å²) in [6.07, 6.45) is 1.68. The number of hydrogen-bond donors (Lipinski definition) is 2. The number of anilines is 1. The zero-order valence-corrected chi connectivity index (χ0v) is 6.96. The number of nitrogens with zero attached hydrogens (tertiary/aromatic N) is 1. The van der Waals surface area contributed by atoms with E-state index in [1.807, 2.05) is 7.05 Å². The number of nitrogen functional groups attached to an aromatic ring is 1. The highest BCUT2D eigenvalue weighted by Crippen LogP contribution is 2.03. The molecule has 0 saturated heterocycles. The summed E-state index contributed by atoms with van der Waals surface area (Å²) in [5, 5.41) is 2.92. The maximum absolute atomic E-state index is 5.62. The molecular weight excluding hydrogens is 150 g/mol. The molecule has 0 spiro atoms. The molecule has 1 heterocycles. The highest BCUT2D eigenvalue weighted by molar-refractivity contribution is 5.51. The van der Waals surface area contributed by atoms with Crippen LogP contribution in [0.1, 0.15) is 5.69 Å². The van der Waals surface area contributed by atoms with Crippen LogP contribution in [0.3, 0.4) is 0 Å². The predicted molar refractivity (Wildman–Crippen MR) is 49.5 cm³/mol. The molecule has 0 aliphatic heterocycles. The summed E-state index contributed by atoms with van der Waals surface area (Å²) in [5.41, 5.74) is 6.89. The van der Waals surface area contributed by atoms with E-state index in [2.05, 4.69) is 22.1 Å². The van der Waals surface area contributed by atoms with E-state index >= 15 is 0 Å². The van der Waals surface area contributed by atoms with Gasteiger partial charge in [0.15, 0.2) is 0 Å². The highest BCUT2D eigenvalue weighted by atomic mass is 14.8. The predicted octanol–water partition coefficient (Wildman–Crippen LogP) is 0.235. The van der Waals surface area contributed by atoms with Crippen molar-refractivity contribution in [1.82, 2.24) is 10.3 Å². The second-order valence-corrected chi connectivity index (χ2v) is 2.27. The third-order valence-corrected chi connectivity index (χ3v) is 1.31. The normalized spacial score (nSPS) is 8.75. The van der Waals surface area contributed by atoms with Crippen LogP contribution in [0.25, 0.3) is 0 Å². The molecule has 3 heteroatoms. The third-order valence-electron chi connectivity index (χ3n) is 1.31. The van der Waals surface area contributed by atoms with Gasteiger partial charge in [0, 0.05) is 6.20 Å². The van der Waals surface area contributed by atoms with Crippen LogP contribution in [0, 0.1) is 11.8 Å². The number of nitrogens with one attached hydrogen (secondary N) is 1. The van der Waals surface area contributed by atoms with Gasteiger partial charge in [0.05, 0.1) is 12.2 Å². The molecular formula is C9H11N3. The van der Waals surface area contributed by atoms with Gasteiger partial charge < -0.3 is 11.1 Å². The van der Waals surface area contributed by atoms with Gasteiger partial charge in [0.1, 0.15) is 5.69 Å². The van der Waals surface area contributed by atoms with Crippen molar-refractivity contribution < 1.29 is 0 Å². The number of aromatic nitrogens is 1. The SMILES string of the molecule is CNCC#Cc1ncccc1N. The van der Waals surface area contributed by atoms with Crippen molar-refractivity contribution in [1.29, 1.82) is 0 Å². The lowest BCUT2D eigenvalue weighted by molar-refractivity contribution is 0.938. The standard InChI is InChI=1S/C9H11N3/c1-11-6-3-5-9-8(10)4-2-7-12-9/h2,4,7,11H,6,10H2,1H3. The third kappa shape index (κ3) is 2.26. The summed E-state index contributed by atoms with van der Waals surface area (Å²) in [6.45, 7) is 0.649. The van der Waals surface area contributed by atoms with E-state index in [4.69, 9.17) is 5.73 Å². The van der Waals surface area contributed by atoms with Gasteiger partial charge in [-0.1, -0.05) is 5.92 Å². The van der Waals surface area contributed by atoms with Gasteiger partial charge >= 0.3 is 0 Å². The van der Waals surface area contributed by atoms with E-state index in [1.54, 1.807) is 18.3 Å². The maximum Gasteiger partial charge on any atom is 0.136 e. The van der Waals surface area contributed by atoms with Gasteiger partial charge in [-0.15, -0.1) is 0 Å². The zero-order valence-electron chi connectivity index (χ0n) is 6.96. The van der Waals surface area contributed by atoms with Crippen molar-refractivity contribution in [2.75, 3.05) is 19.3 Å². The van der Waals surface area contributed by atoms with Crippen LogP contribution in [0.5, 0.6) is 0 Å². The largest absolute Gasteiger partial charge is 0.396 e. The van der Waals surface area contributed by atoms with Crippen LogP contribution in [0.4, 0.5) is 5.69 Å². The zero-order chi connectivity index (χ0) is 8.81. The van der Waals surface area contributed by atoms with Gasteiger partial charge in [0.2, 0.25) is 0 Å². The Hall–Kier alpha value is -1.53. The van der Waals surface area contributed by atoms with Gasteiger partial charge in [0.25, 0.3) is 0 Å². The molecule has 0 bridgehead atoms. The van der Waals surface area contributed by atoms with Crippen molar-refractivity contribution in [3.8, 4) is 11.8 Å². The number of nitrogens with two attached hydrogens (primary N) is 1. The van der Waals surface area contributed by atoms with Crippen molar-refractivity contribution in [2.45, 2.75) is 0 Å². The first-order valence-corrected chi connectivity index (χ1v) is 3.68. The molecule has 1 aromatic rings. The van der Waals surface area contributed by atoms with Gasteiger partial charge in [-0.2, -0.15) is 0 Å². The maximum atomic E-state index is 5.62. The number of pyridine rings is 1.